The van der Waals surface area contributed by atoms with Crippen LogP contribution in [0.15, 0.2) is 73.3 Å². The quantitative estimate of drug-likeness (QED) is 0.391. The Kier molecular flexibility index (Phi) is 7.08. The maximum absolute atomic E-state index is 12.0. The molecule has 1 atom stereocenters. The molecule has 2 aromatic carbocycles. The van der Waals surface area contributed by atoms with E-state index in [1.807, 2.05) is 48.5 Å². The van der Waals surface area contributed by atoms with Gasteiger partial charge >= 0.3 is 5.97 Å². The minimum Gasteiger partial charge on any atom is -0.455 e. The van der Waals surface area contributed by atoms with Gasteiger partial charge in [-0.05, 0) is 30.5 Å². The first-order valence-corrected chi connectivity index (χ1v) is 7.80. The summed E-state index contributed by atoms with van der Waals surface area (Å²) in [5, 5.41) is 0. The van der Waals surface area contributed by atoms with E-state index in [0.29, 0.717) is 25.2 Å². The molecule has 0 spiro atoms. The Morgan fingerprint density at radius 3 is 2.35 bits per heavy atom. The first-order valence-electron chi connectivity index (χ1n) is 7.80. The van der Waals surface area contributed by atoms with Crippen LogP contribution in [0.4, 0.5) is 0 Å². The summed E-state index contributed by atoms with van der Waals surface area (Å²) >= 11 is 0. The van der Waals surface area contributed by atoms with Crippen molar-refractivity contribution in [2.45, 2.75) is 25.6 Å². The van der Waals surface area contributed by atoms with Crippen molar-refractivity contribution in [3.05, 3.63) is 84.4 Å². The molecule has 0 amide bonds. The minimum absolute atomic E-state index is 0.289. The van der Waals surface area contributed by atoms with Crippen LogP contribution < -0.4 is 0 Å². The van der Waals surface area contributed by atoms with Crippen molar-refractivity contribution in [2.75, 3.05) is 6.61 Å². The lowest BCUT2D eigenvalue weighted by molar-refractivity contribution is 0.0350. The first-order chi connectivity index (χ1) is 11.3. The fraction of sp³-hybridized carbons (Fsp3) is 0.250. The number of hydrogen-bond acceptors (Lipinski definition) is 3. The van der Waals surface area contributed by atoms with Gasteiger partial charge in [-0.25, -0.2) is 4.79 Å². The van der Waals surface area contributed by atoms with Gasteiger partial charge in [0.25, 0.3) is 0 Å². The maximum Gasteiger partial charge on any atom is 0.338 e. The van der Waals surface area contributed by atoms with Gasteiger partial charge in [0.15, 0.2) is 0 Å². The second-order valence-corrected chi connectivity index (χ2v) is 5.23. The third-order valence-electron chi connectivity index (χ3n) is 3.42. The van der Waals surface area contributed by atoms with Crippen molar-refractivity contribution >= 4 is 5.97 Å². The van der Waals surface area contributed by atoms with E-state index in [9.17, 15) is 4.79 Å². The number of hydrogen-bond donors (Lipinski definition) is 0. The highest BCUT2D eigenvalue weighted by Gasteiger charge is 2.12. The molecule has 0 aliphatic heterocycles. The number of esters is 1. The Morgan fingerprint density at radius 1 is 1.04 bits per heavy atom. The van der Waals surface area contributed by atoms with Crippen LogP contribution in [0.1, 0.15) is 28.8 Å². The highest BCUT2D eigenvalue weighted by molar-refractivity contribution is 5.89. The summed E-state index contributed by atoms with van der Waals surface area (Å²) in [5.74, 6) is -0.319. The Hall–Kier alpha value is -2.39. The summed E-state index contributed by atoms with van der Waals surface area (Å²) in [6.45, 7) is 4.96. The molecule has 0 heterocycles. The smallest absolute Gasteiger partial charge is 0.338 e. The zero-order valence-electron chi connectivity index (χ0n) is 13.2. The Bertz CT molecular complexity index is 593. The zero-order chi connectivity index (χ0) is 16.3. The average molecular weight is 310 g/mol. The highest BCUT2D eigenvalue weighted by Crippen LogP contribution is 2.10. The highest BCUT2D eigenvalue weighted by atomic mass is 16.5. The fourth-order valence-corrected chi connectivity index (χ4v) is 2.16. The lowest BCUT2D eigenvalue weighted by Crippen LogP contribution is -2.16. The molecule has 0 aliphatic rings. The Labute approximate surface area is 137 Å². The van der Waals surface area contributed by atoms with E-state index >= 15 is 0 Å². The van der Waals surface area contributed by atoms with Gasteiger partial charge in [0.1, 0.15) is 6.10 Å². The third kappa shape index (κ3) is 6.09. The second kappa shape index (κ2) is 9.59. The van der Waals surface area contributed by atoms with E-state index < -0.39 is 0 Å². The van der Waals surface area contributed by atoms with E-state index in [2.05, 4.69) is 6.58 Å². The maximum atomic E-state index is 12.0. The predicted octanol–water partition coefficient (Wildman–Crippen LogP) is 4.40. The van der Waals surface area contributed by atoms with E-state index in [1.54, 1.807) is 18.2 Å². The lowest BCUT2D eigenvalue weighted by Gasteiger charge is -2.14. The number of rotatable bonds is 9. The molecule has 3 heteroatoms. The predicted molar refractivity (Wildman–Crippen MR) is 91.2 cm³/mol. The molecular formula is C20H22O3. The number of benzene rings is 2. The van der Waals surface area contributed by atoms with Crippen molar-refractivity contribution in [3.8, 4) is 0 Å². The fourth-order valence-electron chi connectivity index (χ4n) is 2.16. The third-order valence-corrected chi connectivity index (χ3v) is 3.42. The van der Waals surface area contributed by atoms with E-state index in [4.69, 9.17) is 9.47 Å². The molecule has 23 heavy (non-hydrogen) atoms. The van der Waals surface area contributed by atoms with Crippen molar-refractivity contribution in [2.24, 2.45) is 0 Å². The Balaban J connectivity index is 1.67. The molecule has 0 aliphatic carbocycles. The summed E-state index contributed by atoms with van der Waals surface area (Å²) in [5.41, 5.74) is 1.71. The molecule has 0 bridgehead atoms. The van der Waals surface area contributed by atoms with E-state index in [-0.39, 0.29) is 12.1 Å². The minimum atomic E-state index is -0.319. The van der Waals surface area contributed by atoms with Crippen LogP contribution in [-0.4, -0.2) is 18.7 Å². The van der Waals surface area contributed by atoms with Crippen LogP contribution >= 0.6 is 0 Å². The van der Waals surface area contributed by atoms with Crippen molar-refractivity contribution in [1.82, 2.24) is 0 Å². The molecule has 2 aromatic rings. The van der Waals surface area contributed by atoms with Gasteiger partial charge in [0, 0.05) is 6.61 Å². The van der Waals surface area contributed by atoms with Crippen LogP contribution in [0, 0.1) is 0 Å². The van der Waals surface area contributed by atoms with Crippen molar-refractivity contribution in [1.29, 1.82) is 0 Å². The van der Waals surface area contributed by atoms with Crippen LogP contribution in [0.25, 0.3) is 0 Å². The molecule has 0 radical (unpaired) electrons. The standard InChI is InChI=1S/C20H22O3/c1-2-19(23-20(21)18-12-7-4-8-13-18)14-9-15-22-16-17-10-5-3-6-11-17/h2-8,10-13,19H,1,9,14-16H2. The molecule has 2 rings (SSSR count). The molecule has 0 fully saturated rings. The summed E-state index contributed by atoms with van der Waals surface area (Å²) < 4.78 is 11.1. The van der Waals surface area contributed by atoms with Crippen LogP contribution in [0.3, 0.4) is 0 Å². The zero-order valence-corrected chi connectivity index (χ0v) is 13.2. The van der Waals surface area contributed by atoms with Gasteiger partial charge in [-0.2, -0.15) is 0 Å². The number of carbonyl (C=O) groups excluding carboxylic acids is 1. The SMILES string of the molecule is C=CC(CCCOCc1ccccc1)OC(=O)c1ccccc1. The molecule has 0 aromatic heterocycles. The molecule has 0 saturated heterocycles. The van der Waals surface area contributed by atoms with Crippen LogP contribution in [0.2, 0.25) is 0 Å². The average Bonchev–Trinajstić information content (AvgIpc) is 2.62. The largest absolute Gasteiger partial charge is 0.455 e. The molecule has 3 nitrogen and oxygen atoms in total. The monoisotopic (exact) mass is 310 g/mol. The van der Waals surface area contributed by atoms with Crippen molar-refractivity contribution in [3.63, 3.8) is 0 Å². The second-order valence-electron chi connectivity index (χ2n) is 5.23. The van der Waals surface area contributed by atoms with Crippen LogP contribution in [0.5, 0.6) is 0 Å². The van der Waals surface area contributed by atoms with Gasteiger partial charge < -0.3 is 9.47 Å². The van der Waals surface area contributed by atoms with Gasteiger partial charge in [-0.1, -0.05) is 61.2 Å². The first kappa shape index (κ1) is 17.0. The molecule has 120 valence electrons. The number of carbonyl (C=O) groups is 1. The lowest BCUT2D eigenvalue weighted by atomic mass is 10.2. The molecular weight excluding hydrogens is 288 g/mol. The van der Waals surface area contributed by atoms with Crippen LogP contribution in [-0.2, 0) is 16.1 Å². The van der Waals surface area contributed by atoms with Gasteiger partial charge in [-0.15, -0.1) is 0 Å². The normalized spacial score (nSPS) is 11.7. The van der Waals surface area contributed by atoms with Crippen molar-refractivity contribution < 1.29 is 14.3 Å². The van der Waals surface area contributed by atoms with Gasteiger partial charge in [0.05, 0.1) is 12.2 Å². The molecule has 0 saturated carbocycles. The summed E-state index contributed by atoms with van der Waals surface area (Å²) in [6.07, 6.45) is 2.89. The van der Waals surface area contributed by atoms with Gasteiger partial charge in [0.2, 0.25) is 0 Å². The Morgan fingerprint density at radius 2 is 1.70 bits per heavy atom. The van der Waals surface area contributed by atoms with E-state index in [0.717, 1.165) is 12.0 Å². The molecule has 1 unspecified atom stereocenters. The van der Waals surface area contributed by atoms with Gasteiger partial charge in [-0.3, -0.25) is 0 Å². The summed E-state index contributed by atoms with van der Waals surface area (Å²) in [7, 11) is 0. The van der Waals surface area contributed by atoms with E-state index in [1.165, 1.54) is 0 Å². The summed E-state index contributed by atoms with van der Waals surface area (Å²) in [4.78, 5) is 12.0. The number of ether oxygens (including phenoxy) is 2. The topological polar surface area (TPSA) is 35.5 Å². The summed E-state index contributed by atoms with van der Waals surface area (Å²) in [6, 6.07) is 19.0. The molecule has 0 N–H and O–H groups in total.